The highest BCUT2D eigenvalue weighted by Crippen LogP contribution is 2.23. The van der Waals surface area contributed by atoms with Crippen LogP contribution in [0, 0.1) is 13.8 Å². The molecule has 0 unspecified atom stereocenters. The van der Waals surface area contributed by atoms with Crippen molar-refractivity contribution < 1.29 is 4.79 Å². The number of rotatable bonds is 5. The summed E-state index contributed by atoms with van der Waals surface area (Å²) < 4.78 is 1.58. The second-order valence-electron chi connectivity index (χ2n) is 7.16. The lowest BCUT2D eigenvalue weighted by Gasteiger charge is -2.14. The van der Waals surface area contributed by atoms with Gasteiger partial charge in [-0.1, -0.05) is 41.6 Å². The number of para-hydroxylation sites is 1. The Morgan fingerprint density at radius 3 is 2.52 bits per heavy atom. The maximum absolute atomic E-state index is 13.3. The fraction of sp³-hybridized carbons (Fsp3) is 0.125. The molecule has 0 saturated heterocycles. The van der Waals surface area contributed by atoms with E-state index in [2.05, 4.69) is 10.3 Å². The van der Waals surface area contributed by atoms with Crippen LogP contribution in [0.3, 0.4) is 0 Å². The van der Waals surface area contributed by atoms with Crippen LogP contribution in [0.1, 0.15) is 11.1 Å². The number of hydrogen-bond donors (Lipinski definition) is 1. The van der Waals surface area contributed by atoms with Crippen LogP contribution < -0.4 is 10.9 Å². The summed E-state index contributed by atoms with van der Waals surface area (Å²) in [6.07, 6.45) is 0. The Morgan fingerprint density at radius 2 is 1.77 bits per heavy atom. The number of aromatic nitrogens is 2. The molecule has 0 aliphatic heterocycles. The Morgan fingerprint density at radius 1 is 1.03 bits per heavy atom. The van der Waals surface area contributed by atoms with E-state index in [4.69, 9.17) is 11.6 Å². The minimum atomic E-state index is -0.193. The Labute approximate surface area is 189 Å². The standard InChI is InChI=1S/C24H20ClN3O2S/c1-15-7-12-19(13-16(15)2)28-23(30)20-5-3-4-6-21(20)27-24(28)31-14-22(29)26-18-10-8-17(25)9-11-18/h3-13H,14H2,1-2H3,(H,26,29). The van der Waals surface area contributed by atoms with Gasteiger partial charge >= 0.3 is 0 Å². The van der Waals surface area contributed by atoms with E-state index in [-0.39, 0.29) is 17.2 Å². The molecule has 4 rings (SSSR count). The monoisotopic (exact) mass is 449 g/mol. The number of halogens is 1. The van der Waals surface area contributed by atoms with E-state index in [1.807, 2.05) is 44.2 Å². The number of fused-ring (bicyclic) bond motifs is 1. The molecule has 5 nitrogen and oxygen atoms in total. The summed E-state index contributed by atoms with van der Waals surface area (Å²) in [5, 5.41) is 4.44. The van der Waals surface area contributed by atoms with Crippen LogP contribution in [0.5, 0.6) is 0 Å². The van der Waals surface area contributed by atoms with E-state index in [1.54, 1.807) is 41.0 Å². The topological polar surface area (TPSA) is 64.0 Å². The third-order valence-corrected chi connectivity index (χ3v) is 6.14. The first-order chi connectivity index (χ1) is 14.9. The molecule has 7 heteroatoms. The molecule has 0 aliphatic carbocycles. The van der Waals surface area contributed by atoms with Crippen LogP contribution in [0.15, 0.2) is 76.7 Å². The van der Waals surface area contributed by atoms with Gasteiger partial charge in [0.25, 0.3) is 5.56 Å². The van der Waals surface area contributed by atoms with Gasteiger partial charge < -0.3 is 5.32 Å². The number of nitrogens with one attached hydrogen (secondary N) is 1. The Balaban J connectivity index is 1.68. The predicted molar refractivity (Wildman–Crippen MR) is 128 cm³/mol. The number of thioether (sulfide) groups is 1. The van der Waals surface area contributed by atoms with E-state index in [0.29, 0.717) is 26.8 Å². The fourth-order valence-corrected chi connectivity index (χ4v) is 4.10. The van der Waals surface area contributed by atoms with Gasteiger partial charge in [-0.2, -0.15) is 0 Å². The lowest BCUT2D eigenvalue weighted by Crippen LogP contribution is -2.23. The molecule has 0 radical (unpaired) electrons. The summed E-state index contributed by atoms with van der Waals surface area (Å²) in [7, 11) is 0. The maximum atomic E-state index is 13.3. The number of carbonyl (C=O) groups excluding carboxylic acids is 1. The van der Waals surface area contributed by atoms with E-state index in [9.17, 15) is 9.59 Å². The SMILES string of the molecule is Cc1ccc(-n2c(SCC(=O)Nc3ccc(Cl)cc3)nc3ccccc3c2=O)cc1C. The van der Waals surface area contributed by atoms with Crippen LogP contribution in [-0.2, 0) is 4.79 Å². The number of carbonyl (C=O) groups is 1. The van der Waals surface area contributed by atoms with Gasteiger partial charge in [-0.3, -0.25) is 14.2 Å². The van der Waals surface area contributed by atoms with Crippen molar-refractivity contribution in [2.75, 3.05) is 11.1 Å². The zero-order chi connectivity index (χ0) is 22.0. The molecule has 0 aliphatic rings. The van der Waals surface area contributed by atoms with E-state index < -0.39 is 0 Å². The number of hydrogen-bond acceptors (Lipinski definition) is 4. The lowest BCUT2D eigenvalue weighted by molar-refractivity contribution is -0.113. The van der Waals surface area contributed by atoms with E-state index >= 15 is 0 Å². The largest absolute Gasteiger partial charge is 0.325 e. The smallest absolute Gasteiger partial charge is 0.266 e. The first kappa shape index (κ1) is 21.2. The normalized spacial score (nSPS) is 10.9. The van der Waals surface area contributed by atoms with Crippen molar-refractivity contribution in [2.45, 2.75) is 19.0 Å². The van der Waals surface area contributed by atoms with Crippen molar-refractivity contribution in [1.82, 2.24) is 9.55 Å². The maximum Gasteiger partial charge on any atom is 0.266 e. The first-order valence-corrected chi connectivity index (χ1v) is 11.1. The van der Waals surface area contributed by atoms with Crippen molar-refractivity contribution >= 4 is 45.9 Å². The van der Waals surface area contributed by atoms with Crippen molar-refractivity contribution in [3.05, 3.63) is 93.2 Å². The first-order valence-electron chi connectivity index (χ1n) is 9.70. The molecule has 3 aromatic carbocycles. The Kier molecular flexibility index (Phi) is 6.11. The average Bonchev–Trinajstić information content (AvgIpc) is 2.76. The molecule has 0 atom stereocenters. The molecule has 156 valence electrons. The van der Waals surface area contributed by atoms with Gasteiger partial charge in [-0.25, -0.2) is 4.98 Å². The van der Waals surface area contributed by atoms with Gasteiger partial charge in [0.15, 0.2) is 5.16 Å². The van der Waals surface area contributed by atoms with Crippen molar-refractivity contribution in [2.24, 2.45) is 0 Å². The minimum absolute atomic E-state index is 0.109. The molecule has 1 amide bonds. The molecule has 0 bridgehead atoms. The number of anilines is 1. The number of benzene rings is 3. The summed E-state index contributed by atoms with van der Waals surface area (Å²) in [4.78, 5) is 30.5. The highest BCUT2D eigenvalue weighted by atomic mass is 35.5. The molecule has 1 N–H and O–H groups in total. The molecule has 1 aromatic heterocycles. The zero-order valence-electron chi connectivity index (χ0n) is 17.1. The molecular formula is C24H20ClN3O2S. The third-order valence-electron chi connectivity index (χ3n) is 4.95. The quantitative estimate of drug-likeness (QED) is 0.328. The summed E-state index contributed by atoms with van der Waals surface area (Å²) in [6, 6.07) is 20.0. The van der Waals surface area contributed by atoms with E-state index in [0.717, 1.165) is 16.8 Å². The summed E-state index contributed by atoms with van der Waals surface area (Å²) in [5.41, 5.74) is 4.05. The van der Waals surface area contributed by atoms with Gasteiger partial charge in [-0.15, -0.1) is 0 Å². The van der Waals surface area contributed by atoms with Crippen LogP contribution in [0.25, 0.3) is 16.6 Å². The highest BCUT2D eigenvalue weighted by Gasteiger charge is 2.15. The van der Waals surface area contributed by atoms with Gasteiger partial charge in [0.2, 0.25) is 5.91 Å². The number of amides is 1. The van der Waals surface area contributed by atoms with Crippen molar-refractivity contribution in [1.29, 1.82) is 0 Å². The second-order valence-corrected chi connectivity index (χ2v) is 8.54. The Hall–Kier alpha value is -3.09. The van der Waals surface area contributed by atoms with Crippen LogP contribution >= 0.6 is 23.4 Å². The summed E-state index contributed by atoms with van der Waals surface area (Å²) in [5.74, 6) is -0.0838. The number of nitrogens with zero attached hydrogens (tertiary/aromatic N) is 2. The Bertz CT molecular complexity index is 1330. The second kappa shape index (κ2) is 8.96. The summed E-state index contributed by atoms with van der Waals surface area (Å²) >= 11 is 7.12. The van der Waals surface area contributed by atoms with Gasteiger partial charge in [-0.05, 0) is 73.5 Å². The molecule has 1 heterocycles. The van der Waals surface area contributed by atoms with Crippen LogP contribution in [0.4, 0.5) is 5.69 Å². The molecular weight excluding hydrogens is 430 g/mol. The van der Waals surface area contributed by atoms with Gasteiger partial charge in [0.05, 0.1) is 22.3 Å². The van der Waals surface area contributed by atoms with Crippen LogP contribution in [-0.4, -0.2) is 21.2 Å². The molecule has 0 saturated carbocycles. The highest BCUT2D eigenvalue weighted by molar-refractivity contribution is 7.99. The molecule has 4 aromatic rings. The van der Waals surface area contributed by atoms with Crippen molar-refractivity contribution in [3.8, 4) is 5.69 Å². The fourth-order valence-electron chi connectivity index (χ4n) is 3.16. The van der Waals surface area contributed by atoms with Crippen molar-refractivity contribution in [3.63, 3.8) is 0 Å². The molecule has 0 spiro atoms. The van der Waals surface area contributed by atoms with Crippen LogP contribution in [0.2, 0.25) is 5.02 Å². The van der Waals surface area contributed by atoms with E-state index in [1.165, 1.54) is 11.8 Å². The molecule has 0 fully saturated rings. The zero-order valence-corrected chi connectivity index (χ0v) is 18.6. The summed E-state index contributed by atoms with van der Waals surface area (Å²) in [6.45, 7) is 4.03. The average molecular weight is 450 g/mol. The third kappa shape index (κ3) is 4.65. The van der Waals surface area contributed by atoms with Gasteiger partial charge in [0.1, 0.15) is 0 Å². The molecule has 31 heavy (non-hydrogen) atoms. The van der Waals surface area contributed by atoms with Gasteiger partial charge in [0, 0.05) is 10.7 Å². The lowest BCUT2D eigenvalue weighted by atomic mass is 10.1. The number of aryl methyl sites for hydroxylation is 2. The predicted octanol–water partition coefficient (Wildman–Crippen LogP) is 5.39. The minimum Gasteiger partial charge on any atom is -0.325 e.